The van der Waals surface area contributed by atoms with Crippen molar-refractivity contribution in [2.24, 2.45) is 10.7 Å². The first-order valence-electron chi connectivity index (χ1n) is 5.44. The van der Waals surface area contributed by atoms with Crippen molar-refractivity contribution < 1.29 is 0 Å². The van der Waals surface area contributed by atoms with Gasteiger partial charge in [-0.25, -0.2) is 4.99 Å². The van der Waals surface area contributed by atoms with Gasteiger partial charge in [-0.3, -0.25) is 5.41 Å². The van der Waals surface area contributed by atoms with Crippen molar-refractivity contribution >= 4 is 11.7 Å². The summed E-state index contributed by atoms with van der Waals surface area (Å²) in [7, 11) is 0. The quantitative estimate of drug-likeness (QED) is 0.606. The van der Waals surface area contributed by atoms with Gasteiger partial charge in [0.05, 0.1) is 0 Å². The van der Waals surface area contributed by atoms with Gasteiger partial charge in [0, 0.05) is 11.1 Å². The molecule has 0 aromatic heterocycles. The summed E-state index contributed by atoms with van der Waals surface area (Å²) in [4.78, 5) is 4.05. The van der Waals surface area contributed by atoms with E-state index < -0.39 is 0 Å². The van der Waals surface area contributed by atoms with E-state index in [0.717, 1.165) is 24.0 Å². The highest BCUT2D eigenvalue weighted by atomic mass is 14.9. The third kappa shape index (κ3) is 1.72. The van der Waals surface area contributed by atoms with E-state index in [0.29, 0.717) is 11.7 Å². The molecule has 3 N–H and O–H groups in total. The number of rotatable bonds is 0. The van der Waals surface area contributed by atoms with Crippen molar-refractivity contribution in [1.29, 1.82) is 5.41 Å². The Balaban J connectivity index is 2.21. The number of hydrogen-bond acceptors (Lipinski definition) is 2. The minimum absolute atomic E-state index is 0.416. The summed E-state index contributed by atoms with van der Waals surface area (Å²) in [6, 6.07) is 0. The molecule has 0 atom stereocenters. The van der Waals surface area contributed by atoms with Gasteiger partial charge in [-0.05, 0) is 25.7 Å². The minimum Gasteiger partial charge on any atom is -0.383 e. The number of nitrogens with one attached hydrogen (secondary N) is 1. The molecule has 0 aromatic carbocycles. The second-order valence-corrected chi connectivity index (χ2v) is 4.07. The molecule has 0 unspecified atom stereocenters. The smallest absolute Gasteiger partial charge is 0.150 e. The van der Waals surface area contributed by atoms with Crippen LogP contribution in [-0.2, 0) is 0 Å². The Kier molecular flexibility index (Phi) is 2.66. The van der Waals surface area contributed by atoms with E-state index in [9.17, 15) is 0 Å². The van der Waals surface area contributed by atoms with Gasteiger partial charge in [0.15, 0.2) is 5.84 Å². The van der Waals surface area contributed by atoms with Gasteiger partial charge in [-0.2, -0.15) is 0 Å². The lowest BCUT2D eigenvalue weighted by molar-refractivity contribution is 0.629. The van der Waals surface area contributed by atoms with Crippen LogP contribution in [0.5, 0.6) is 0 Å². The van der Waals surface area contributed by atoms with Crippen molar-refractivity contribution in [3.8, 4) is 0 Å². The molecule has 76 valence electrons. The second kappa shape index (κ2) is 3.95. The summed E-state index contributed by atoms with van der Waals surface area (Å²) < 4.78 is 0. The number of nitrogens with zero attached hydrogens (tertiary/aromatic N) is 1. The van der Waals surface area contributed by atoms with Gasteiger partial charge < -0.3 is 5.73 Å². The Hall–Kier alpha value is -1.12. The first kappa shape index (κ1) is 9.44. The highest BCUT2D eigenvalue weighted by Gasteiger charge is 2.21. The van der Waals surface area contributed by atoms with Gasteiger partial charge in [0.25, 0.3) is 0 Å². The van der Waals surface area contributed by atoms with Crippen LogP contribution < -0.4 is 5.73 Å². The van der Waals surface area contributed by atoms with E-state index in [1.54, 1.807) is 0 Å². The molecular weight excluding hydrogens is 174 g/mol. The maximum Gasteiger partial charge on any atom is 0.150 e. The van der Waals surface area contributed by atoms with Crippen LogP contribution in [-0.4, -0.2) is 11.7 Å². The fourth-order valence-electron chi connectivity index (χ4n) is 2.24. The van der Waals surface area contributed by atoms with Crippen LogP contribution >= 0.6 is 0 Å². The number of amidine groups is 2. The molecule has 2 rings (SSSR count). The average Bonchev–Trinajstić information content (AvgIpc) is 2.48. The molecule has 1 heterocycles. The zero-order chi connectivity index (χ0) is 9.97. The Morgan fingerprint density at radius 1 is 0.929 bits per heavy atom. The molecular formula is C11H17N3. The van der Waals surface area contributed by atoms with Crippen LogP contribution in [0.4, 0.5) is 0 Å². The van der Waals surface area contributed by atoms with E-state index >= 15 is 0 Å². The summed E-state index contributed by atoms with van der Waals surface area (Å²) >= 11 is 0. The second-order valence-electron chi connectivity index (χ2n) is 4.07. The standard InChI is InChI=1S/C11H17N3/c12-10-8-6-4-2-1-3-5-7-9(8)11(13)14-10/h1-7H2,(H3,12,13,14). The van der Waals surface area contributed by atoms with Crippen LogP contribution in [0.3, 0.4) is 0 Å². The molecule has 0 aromatic rings. The van der Waals surface area contributed by atoms with E-state index in [2.05, 4.69) is 4.99 Å². The first-order valence-corrected chi connectivity index (χ1v) is 5.44. The molecule has 14 heavy (non-hydrogen) atoms. The third-order valence-electron chi connectivity index (χ3n) is 3.05. The molecule has 0 saturated heterocycles. The number of aliphatic imine (C=N–C) groups is 1. The molecule has 0 bridgehead atoms. The van der Waals surface area contributed by atoms with Crippen LogP contribution in [0.25, 0.3) is 0 Å². The van der Waals surface area contributed by atoms with E-state index in [4.69, 9.17) is 11.1 Å². The summed E-state index contributed by atoms with van der Waals surface area (Å²) in [6.07, 6.45) is 8.30. The molecule has 3 nitrogen and oxygen atoms in total. The van der Waals surface area contributed by atoms with Crippen molar-refractivity contribution in [2.45, 2.75) is 44.9 Å². The largest absolute Gasteiger partial charge is 0.383 e. The monoisotopic (exact) mass is 191 g/mol. The fraction of sp³-hybridized carbons (Fsp3) is 0.636. The predicted octanol–water partition coefficient (Wildman–Crippen LogP) is 2.38. The van der Waals surface area contributed by atoms with Gasteiger partial charge in [0.1, 0.15) is 5.84 Å². The lowest BCUT2D eigenvalue weighted by Crippen LogP contribution is -2.12. The lowest BCUT2D eigenvalue weighted by Gasteiger charge is -2.04. The maximum absolute atomic E-state index is 7.72. The Labute approximate surface area is 84.6 Å². The van der Waals surface area contributed by atoms with Crippen LogP contribution in [0.15, 0.2) is 16.1 Å². The zero-order valence-corrected chi connectivity index (χ0v) is 8.47. The lowest BCUT2D eigenvalue weighted by atomic mass is 10.0. The number of hydrogen-bond donors (Lipinski definition) is 2. The average molecular weight is 191 g/mol. The Morgan fingerprint density at radius 2 is 1.50 bits per heavy atom. The van der Waals surface area contributed by atoms with Crippen molar-refractivity contribution in [3.63, 3.8) is 0 Å². The molecule has 1 aliphatic heterocycles. The van der Waals surface area contributed by atoms with Crippen molar-refractivity contribution in [2.75, 3.05) is 0 Å². The molecule has 0 amide bonds. The Bertz CT molecular complexity index is 312. The summed E-state index contributed by atoms with van der Waals surface area (Å²) in [5.41, 5.74) is 8.08. The molecule has 0 saturated carbocycles. The van der Waals surface area contributed by atoms with E-state index in [1.165, 1.54) is 32.1 Å². The predicted molar refractivity (Wildman–Crippen MR) is 58.7 cm³/mol. The summed E-state index contributed by atoms with van der Waals surface area (Å²) in [6.45, 7) is 0. The van der Waals surface area contributed by atoms with E-state index in [-0.39, 0.29) is 0 Å². The first-order chi connectivity index (χ1) is 6.79. The SMILES string of the molecule is N=C1N=C(N)C2=C1CCCCCCC2. The molecule has 1 aliphatic carbocycles. The van der Waals surface area contributed by atoms with Gasteiger partial charge >= 0.3 is 0 Å². The fourth-order valence-corrected chi connectivity index (χ4v) is 2.24. The summed E-state index contributed by atoms with van der Waals surface area (Å²) in [5, 5.41) is 7.72. The highest BCUT2D eigenvalue weighted by molar-refractivity contribution is 6.18. The van der Waals surface area contributed by atoms with E-state index in [1.807, 2.05) is 0 Å². The van der Waals surface area contributed by atoms with Crippen molar-refractivity contribution in [3.05, 3.63) is 11.1 Å². The molecule has 2 aliphatic rings. The highest BCUT2D eigenvalue weighted by Crippen LogP contribution is 2.27. The van der Waals surface area contributed by atoms with Gasteiger partial charge in [0.2, 0.25) is 0 Å². The summed E-state index contributed by atoms with van der Waals surface area (Å²) in [5.74, 6) is 1.02. The maximum atomic E-state index is 7.72. The van der Waals surface area contributed by atoms with Gasteiger partial charge in [-0.1, -0.05) is 19.3 Å². The topological polar surface area (TPSA) is 62.2 Å². The van der Waals surface area contributed by atoms with Crippen molar-refractivity contribution in [1.82, 2.24) is 0 Å². The molecule has 0 fully saturated rings. The minimum atomic E-state index is 0.416. The normalized spacial score (nSPS) is 23.7. The molecule has 0 radical (unpaired) electrons. The van der Waals surface area contributed by atoms with Crippen LogP contribution in [0.2, 0.25) is 0 Å². The molecule has 3 heteroatoms. The third-order valence-corrected chi connectivity index (χ3v) is 3.05. The van der Waals surface area contributed by atoms with Gasteiger partial charge in [-0.15, -0.1) is 0 Å². The van der Waals surface area contributed by atoms with Crippen LogP contribution in [0.1, 0.15) is 44.9 Å². The number of nitrogens with two attached hydrogens (primary N) is 1. The molecule has 0 spiro atoms. The van der Waals surface area contributed by atoms with Crippen LogP contribution in [0, 0.1) is 5.41 Å². The zero-order valence-electron chi connectivity index (χ0n) is 8.47. The Morgan fingerprint density at radius 3 is 2.21 bits per heavy atom.